The Morgan fingerprint density at radius 1 is 1.56 bits per heavy atom. The number of benzene rings is 1. The van der Waals surface area contributed by atoms with E-state index < -0.39 is 5.97 Å². The van der Waals surface area contributed by atoms with Crippen LogP contribution < -0.4 is 0 Å². The van der Waals surface area contributed by atoms with E-state index in [-0.39, 0.29) is 0 Å². The lowest BCUT2D eigenvalue weighted by molar-refractivity contribution is 0.0527. The average Bonchev–Trinajstić information content (AvgIpc) is 2.71. The lowest BCUT2D eigenvalue weighted by Gasteiger charge is -1.98. The minimum atomic E-state index is -0.434. The Labute approximate surface area is 92.0 Å². The number of furan rings is 1. The van der Waals surface area contributed by atoms with Crippen LogP contribution in [0.3, 0.4) is 0 Å². The minimum absolute atomic E-state index is 0.309. The van der Waals surface area contributed by atoms with Gasteiger partial charge >= 0.3 is 5.97 Å². The standard InChI is InChI=1S/C12H9NO3/c1-2-15-12(14)10-7-16-11-4-3-8(6-13)5-9(10)11/h3-5,7H,2H2,1H3. The van der Waals surface area contributed by atoms with E-state index in [4.69, 9.17) is 14.4 Å². The van der Waals surface area contributed by atoms with Crippen LogP contribution in [-0.4, -0.2) is 12.6 Å². The number of carbonyl (C=O) groups is 1. The second-order valence-corrected chi connectivity index (χ2v) is 3.19. The van der Waals surface area contributed by atoms with Crippen LogP contribution in [0.2, 0.25) is 0 Å². The predicted octanol–water partition coefficient (Wildman–Crippen LogP) is 2.48. The summed E-state index contributed by atoms with van der Waals surface area (Å²) in [6, 6.07) is 6.93. The van der Waals surface area contributed by atoms with Crippen LogP contribution >= 0.6 is 0 Å². The Morgan fingerprint density at radius 3 is 3.06 bits per heavy atom. The number of rotatable bonds is 2. The fourth-order valence-electron chi connectivity index (χ4n) is 1.47. The molecule has 0 saturated carbocycles. The van der Waals surface area contributed by atoms with Gasteiger partial charge in [0.1, 0.15) is 17.4 Å². The number of fused-ring (bicyclic) bond motifs is 1. The van der Waals surface area contributed by atoms with E-state index in [1.54, 1.807) is 25.1 Å². The minimum Gasteiger partial charge on any atom is -0.463 e. The molecular formula is C12H9NO3. The second-order valence-electron chi connectivity index (χ2n) is 3.19. The molecule has 1 aromatic heterocycles. The summed E-state index contributed by atoms with van der Waals surface area (Å²) < 4.78 is 10.1. The van der Waals surface area contributed by atoms with Crippen molar-refractivity contribution in [2.75, 3.05) is 6.61 Å². The average molecular weight is 215 g/mol. The van der Waals surface area contributed by atoms with E-state index in [1.165, 1.54) is 6.26 Å². The van der Waals surface area contributed by atoms with Crippen LogP contribution in [0.15, 0.2) is 28.9 Å². The first-order chi connectivity index (χ1) is 7.76. The van der Waals surface area contributed by atoms with Gasteiger partial charge in [0.2, 0.25) is 0 Å². The van der Waals surface area contributed by atoms with Gasteiger partial charge in [0.25, 0.3) is 0 Å². The first-order valence-electron chi connectivity index (χ1n) is 4.84. The molecule has 0 radical (unpaired) electrons. The zero-order valence-electron chi connectivity index (χ0n) is 8.69. The highest BCUT2D eigenvalue weighted by molar-refractivity contribution is 6.03. The van der Waals surface area contributed by atoms with Crippen molar-refractivity contribution in [3.63, 3.8) is 0 Å². The largest absolute Gasteiger partial charge is 0.463 e. The monoisotopic (exact) mass is 215 g/mol. The molecule has 16 heavy (non-hydrogen) atoms. The third-order valence-corrected chi connectivity index (χ3v) is 2.20. The van der Waals surface area contributed by atoms with Crippen molar-refractivity contribution >= 4 is 16.9 Å². The summed E-state index contributed by atoms with van der Waals surface area (Å²) in [5.74, 6) is -0.434. The first kappa shape index (κ1) is 10.2. The fraction of sp³-hybridized carbons (Fsp3) is 0.167. The zero-order valence-corrected chi connectivity index (χ0v) is 8.69. The van der Waals surface area contributed by atoms with Crippen LogP contribution in [0.5, 0.6) is 0 Å². The third kappa shape index (κ3) is 1.63. The summed E-state index contributed by atoms with van der Waals surface area (Å²) >= 11 is 0. The highest BCUT2D eigenvalue weighted by Gasteiger charge is 2.14. The van der Waals surface area contributed by atoms with Crippen molar-refractivity contribution in [2.24, 2.45) is 0 Å². The van der Waals surface area contributed by atoms with Crippen molar-refractivity contribution in [3.05, 3.63) is 35.6 Å². The predicted molar refractivity (Wildman–Crippen MR) is 56.9 cm³/mol. The van der Waals surface area contributed by atoms with Crippen molar-refractivity contribution in [1.82, 2.24) is 0 Å². The number of nitriles is 1. The van der Waals surface area contributed by atoms with Crippen LogP contribution in [0.25, 0.3) is 11.0 Å². The molecule has 0 aliphatic heterocycles. The number of ether oxygens (including phenoxy) is 1. The fourth-order valence-corrected chi connectivity index (χ4v) is 1.47. The van der Waals surface area contributed by atoms with E-state index in [1.807, 2.05) is 6.07 Å². The molecule has 0 atom stereocenters. The van der Waals surface area contributed by atoms with Gasteiger partial charge in [0.15, 0.2) is 0 Å². The van der Waals surface area contributed by atoms with E-state index in [9.17, 15) is 4.79 Å². The van der Waals surface area contributed by atoms with Gasteiger partial charge in [-0.25, -0.2) is 4.79 Å². The molecule has 0 amide bonds. The van der Waals surface area contributed by atoms with Crippen molar-refractivity contribution in [1.29, 1.82) is 5.26 Å². The van der Waals surface area contributed by atoms with Gasteiger partial charge in [-0.1, -0.05) is 0 Å². The van der Waals surface area contributed by atoms with Gasteiger partial charge in [-0.05, 0) is 25.1 Å². The molecule has 0 bridgehead atoms. The molecule has 0 N–H and O–H groups in total. The molecule has 1 aromatic carbocycles. The van der Waals surface area contributed by atoms with Crippen LogP contribution in [-0.2, 0) is 4.74 Å². The number of nitrogens with zero attached hydrogens (tertiary/aromatic N) is 1. The lowest BCUT2D eigenvalue weighted by Crippen LogP contribution is -2.03. The van der Waals surface area contributed by atoms with Crippen LogP contribution in [0, 0.1) is 11.3 Å². The van der Waals surface area contributed by atoms with Crippen LogP contribution in [0.1, 0.15) is 22.8 Å². The molecule has 2 aromatic rings. The molecule has 0 unspecified atom stereocenters. The first-order valence-corrected chi connectivity index (χ1v) is 4.84. The third-order valence-electron chi connectivity index (χ3n) is 2.20. The van der Waals surface area contributed by atoms with Gasteiger partial charge in [-0.3, -0.25) is 0 Å². The SMILES string of the molecule is CCOC(=O)c1coc2ccc(C#N)cc12. The zero-order chi connectivity index (χ0) is 11.5. The quantitative estimate of drug-likeness (QED) is 0.722. The normalized spacial score (nSPS) is 10.0. The summed E-state index contributed by atoms with van der Waals surface area (Å²) in [4.78, 5) is 11.6. The highest BCUT2D eigenvalue weighted by atomic mass is 16.5. The Balaban J connectivity index is 2.54. The maximum atomic E-state index is 11.6. The molecule has 0 aliphatic rings. The Bertz CT molecular complexity index is 577. The van der Waals surface area contributed by atoms with Gasteiger partial charge in [-0.2, -0.15) is 5.26 Å². The maximum absolute atomic E-state index is 11.6. The number of carbonyl (C=O) groups excluding carboxylic acids is 1. The number of esters is 1. The van der Waals surface area contributed by atoms with E-state index in [2.05, 4.69) is 0 Å². The Morgan fingerprint density at radius 2 is 2.38 bits per heavy atom. The molecule has 0 aliphatic carbocycles. The molecule has 0 saturated heterocycles. The molecule has 1 heterocycles. The molecule has 2 rings (SSSR count). The summed E-state index contributed by atoms with van der Waals surface area (Å²) in [7, 11) is 0. The molecule has 0 spiro atoms. The topological polar surface area (TPSA) is 63.2 Å². The molecule has 4 nitrogen and oxygen atoms in total. The van der Waals surface area contributed by atoms with Gasteiger partial charge in [-0.15, -0.1) is 0 Å². The van der Waals surface area contributed by atoms with Gasteiger partial charge in [0, 0.05) is 5.39 Å². The van der Waals surface area contributed by atoms with Crippen molar-refractivity contribution in [3.8, 4) is 6.07 Å². The van der Waals surface area contributed by atoms with Gasteiger partial charge < -0.3 is 9.15 Å². The molecule has 80 valence electrons. The second kappa shape index (κ2) is 4.07. The van der Waals surface area contributed by atoms with E-state index in [0.29, 0.717) is 28.7 Å². The molecule has 4 heteroatoms. The van der Waals surface area contributed by atoms with Crippen molar-refractivity contribution in [2.45, 2.75) is 6.92 Å². The number of hydrogen-bond donors (Lipinski definition) is 0. The summed E-state index contributed by atoms with van der Waals surface area (Å²) in [5.41, 5.74) is 1.41. The summed E-state index contributed by atoms with van der Waals surface area (Å²) in [5, 5.41) is 9.38. The summed E-state index contributed by atoms with van der Waals surface area (Å²) in [6.45, 7) is 2.05. The van der Waals surface area contributed by atoms with Crippen molar-refractivity contribution < 1.29 is 13.9 Å². The Hall–Kier alpha value is -2.28. The number of hydrogen-bond acceptors (Lipinski definition) is 4. The van der Waals surface area contributed by atoms with E-state index in [0.717, 1.165) is 0 Å². The summed E-state index contributed by atoms with van der Waals surface area (Å²) in [6.07, 6.45) is 1.35. The highest BCUT2D eigenvalue weighted by Crippen LogP contribution is 2.23. The smallest absolute Gasteiger partial charge is 0.342 e. The maximum Gasteiger partial charge on any atom is 0.342 e. The lowest BCUT2D eigenvalue weighted by atomic mass is 10.1. The Kier molecular flexibility index (Phi) is 2.61. The molecule has 0 fully saturated rings. The van der Waals surface area contributed by atoms with Gasteiger partial charge in [0.05, 0.1) is 18.2 Å². The van der Waals surface area contributed by atoms with E-state index >= 15 is 0 Å². The molecular weight excluding hydrogens is 206 g/mol. The van der Waals surface area contributed by atoms with Crippen LogP contribution in [0.4, 0.5) is 0 Å².